The summed E-state index contributed by atoms with van der Waals surface area (Å²) in [6.45, 7) is 0.938. The molecule has 2 rings (SSSR count). The predicted octanol–water partition coefficient (Wildman–Crippen LogP) is 0.991. The average Bonchev–Trinajstić information content (AvgIpc) is 2.40. The topological polar surface area (TPSA) is 26.0 Å². The van der Waals surface area contributed by atoms with Crippen molar-refractivity contribution in [1.29, 1.82) is 0 Å². The van der Waals surface area contributed by atoms with Gasteiger partial charge in [0, 0.05) is 0 Å². The normalized spacial score (nSPS) is 44.6. The largest absolute Gasteiger partial charge is 0.330 e. The number of fused-ring (bicyclic) bond motifs is 1. The van der Waals surface area contributed by atoms with Gasteiger partial charge in [0.1, 0.15) is 0 Å². The zero-order valence-corrected chi connectivity index (χ0v) is 5.14. The Bertz CT molecular complexity index is 90.6. The van der Waals surface area contributed by atoms with Crippen LogP contribution < -0.4 is 5.73 Å². The molecule has 0 aromatic heterocycles. The minimum absolute atomic E-state index is 0.902. The van der Waals surface area contributed by atoms with Crippen molar-refractivity contribution in [3.8, 4) is 0 Å². The monoisotopic (exact) mass is 111 g/mol. The summed E-state index contributed by atoms with van der Waals surface area (Å²) in [7, 11) is 0. The lowest BCUT2D eigenvalue weighted by molar-refractivity contribution is 0.499. The second-order valence-corrected chi connectivity index (χ2v) is 3.33. The molecule has 46 valence electrons. The van der Waals surface area contributed by atoms with E-state index < -0.39 is 0 Å². The second kappa shape index (κ2) is 1.47. The smallest absolute Gasteiger partial charge is 0.00487 e. The molecule has 0 amide bonds. The summed E-state index contributed by atoms with van der Waals surface area (Å²) in [6, 6.07) is 0. The van der Waals surface area contributed by atoms with E-state index in [1.165, 1.54) is 19.3 Å². The SMILES string of the molecule is NCC1C[C@H]2C[C@@H]2C1. The quantitative estimate of drug-likeness (QED) is 0.536. The van der Waals surface area contributed by atoms with Crippen LogP contribution >= 0.6 is 0 Å². The first kappa shape index (κ1) is 4.80. The van der Waals surface area contributed by atoms with Gasteiger partial charge in [0.15, 0.2) is 0 Å². The summed E-state index contributed by atoms with van der Waals surface area (Å²) in [4.78, 5) is 0. The maximum absolute atomic E-state index is 5.52. The minimum Gasteiger partial charge on any atom is -0.330 e. The molecule has 2 fully saturated rings. The summed E-state index contributed by atoms with van der Waals surface area (Å²) in [6.07, 6.45) is 4.42. The molecule has 2 N–H and O–H groups in total. The lowest BCUT2D eigenvalue weighted by Gasteiger charge is -2.04. The highest BCUT2D eigenvalue weighted by molar-refractivity contribution is 4.95. The Labute approximate surface area is 50.3 Å². The molecule has 0 unspecified atom stereocenters. The second-order valence-electron chi connectivity index (χ2n) is 3.33. The predicted molar refractivity (Wildman–Crippen MR) is 33.4 cm³/mol. The van der Waals surface area contributed by atoms with Gasteiger partial charge in [-0.25, -0.2) is 0 Å². The van der Waals surface area contributed by atoms with E-state index in [4.69, 9.17) is 5.73 Å². The van der Waals surface area contributed by atoms with E-state index in [0.29, 0.717) is 0 Å². The van der Waals surface area contributed by atoms with Crippen LogP contribution in [0.25, 0.3) is 0 Å². The van der Waals surface area contributed by atoms with Crippen LogP contribution in [0.1, 0.15) is 19.3 Å². The summed E-state index contributed by atoms with van der Waals surface area (Å²) >= 11 is 0. The number of nitrogens with two attached hydrogens (primary N) is 1. The molecule has 0 aromatic carbocycles. The van der Waals surface area contributed by atoms with Crippen molar-refractivity contribution < 1.29 is 0 Å². The van der Waals surface area contributed by atoms with Crippen LogP contribution in [-0.4, -0.2) is 6.54 Å². The average molecular weight is 111 g/mol. The van der Waals surface area contributed by atoms with Crippen molar-refractivity contribution in [2.45, 2.75) is 19.3 Å². The highest BCUT2D eigenvalue weighted by Crippen LogP contribution is 2.53. The van der Waals surface area contributed by atoms with Crippen LogP contribution in [0.15, 0.2) is 0 Å². The molecular weight excluding hydrogens is 98.1 g/mol. The summed E-state index contributed by atoms with van der Waals surface area (Å²) < 4.78 is 0. The highest BCUT2D eigenvalue weighted by Gasteiger charge is 2.44. The Hall–Kier alpha value is -0.0400. The van der Waals surface area contributed by atoms with Crippen molar-refractivity contribution in [3.05, 3.63) is 0 Å². The lowest BCUT2D eigenvalue weighted by Crippen LogP contribution is -2.11. The van der Waals surface area contributed by atoms with Crippen LogP contribution in [-0.2, 0) is 0 Å². The molecule has 2 atom stereocenters. The molecule has 0 bridgehead atoms. The molecule has 0 heterocycles. The summed E-state index contributed by atoms with van der Waals surface area (Å²) in [5, 5.41) is 0. The van der Waals surface area contributed by atoms with Gasteiger partial charge in [-0.1, -0.05) is 0 Å². The van der Waals surface area contributed by atoms with E-state index in [9.17, 15) is 0 Å². The van der Waals surface area contributed by atoms with Crippen molar-refractivity contribution in [2.24, 2.45) is 23.5 Å². The molecule has 0 saturated heterocycles. The molecule has 2 aliphatic rings. The fourth-order valence-corrected chi connectivity index (χ4v) is 2.03. The third kappa shape index (κ3) is 0.576. The molecular formula is C7H13N. The molecule has 2 aliphatic carbocycles. The van der Waals surface area contributed by atoms with Crippen LogP contribution in [0.2, 0.25) is 0 Å². The van der Waals surface area contributed by atoms with Gasteiger partial charge in [-0.05, 0) is 43.6 Å². The van der Waals surface area contributed by atoms with Crippen molar-refractivity contribution in [2.75, 3.05) is 6.54 Å². The van der Waals surface area contributed by atoms with E-state index in [2.05, 4.69) is 0 Å². The van der Waals surface area contributed by atoms with E-state index >= 15 is 0 Å². The Morgan fingerprint density at radius 3 is 2.12 bits per heavy atom. The zero-order valence-electron chi connectivity index (χ0n) is 5.14. The molecule has 1 heteroatoms. The number of hydrogen-bond acceptors (Lipinski definition) is 1. The zero-order chi connectivity index (χ0) is 5.56. The van der Waals surface area contributed by atoms with Gasteiger partial charge in [0.25, 0.3) is 0 Å². The van der Waals surface area contributed by atoms with Gasteiger partial charge in [0.05, 0.1) is 0 Å². The highest BCUT2D eigenvalue weighted by atomic mass is 14.6. The third-order valence-electron chi connectivity index (χ3n) is 2.67. The van der Waals surface area contributed by atoms with Crippen molar-refractivity contribution in [3.63, 3.8) is 0 Å². The Morgan fingerprint density at radius 2 is 1.75 bits per heavy atom. The fourth-order valence-electron chi connectivity index (χ4n) is 2.03. The van der Waals surface area contributed by atoms with Gasteiger partial charge >= 0.3 is 0 Å². The molecule has 0 radical (unpaired) electrons. The van der Waals surface area contributed by atoms with Crippen molar-refractivity contribution in [1.82, 2.24) is 0 Å². The summed E-state index contributed by atoms with van der Waals surface area (Å²) in [5.41, 5.74) is 5.52. The molecule has 1 nitrogen and oxygen atoms in total. The van der Waals surface area contributed by atoms with E-state index in [1.807, 2.05) is 0 Å². The van der Waals surface area contributed by atoms with E-state index in [0.717, 1.165) is 24.3 Å². The maximum atomic E-state index is 5.52. The van der Waals surface area contributed by atoms with Gasteiger partial charge < -0.3 is 5.73 Å². The molecule has 0 aliphatic heterocycles. The van der Waals surface area contributed by atoms with Crippen LogP contribution in [0.3, 0.4) is 0 Å². The fraction of sp³-hybridized carbons (Fsp3) is 1.00. The first-order chi connectivity index (χ1) is 3.90. The molecule has 8 heavy (non-hydrogen) atoms. The van der Waals surface area contributed by atoms with Gasteiger partial charge in [-0.3, -0.25) is 0 Å². The number of rotatable bonds is 1. The van der Waals surface area contributed by atoms with Gasteiger partial charge in [-0.2, -0.15) is 0 Å². The first-order valence-electron chi connectivity index (χ1n) is 3.60. The minimum atomic E-state index is 0.902. The maximum Gasteiger partial charge on any atom is -0.00487 e. The van der Waals surface area contributed by atoms with Crippen LogP contribution in [0, 0.1) is 17.8 Å². The first-order valence-corrected chi connectivity index (χ1v) is 3.60. The molecule has 2 saturated carbocycles. The van der Waals surface area contributed by atoms with E-state index in [-0.39, 0.29) is 0 Å². The van der Waals surface area contributed by atoms with E-state index in [1.54, 1.807) is 0 Å². The Kier molecular flexibility index (Phi) is 0.884. The Morgan fingerprint density at radius 1 is 1.12 bits per heavy atom. The van der Waals surface area contributed by atoms with Crippen LogP contribution in [0.5, 0.6) is 0 Å². The van der Waals surface area contributed by atoms with Gasteiger partial charge in [-0.15, -0.1) is 0 Å². The molecule has 0 aromatic rings. The Balaban J connectivity index is 1.89. The van der Waals surface area contributed by atoms with Crippen LogP contribution in [0.4, 0.5) is 0 Å². The standard InChI is InChI=1S/C7H13N/c8-4-5-1-6-3-7(6)2-5/h5-7H,1-4,8H2/t6-,7-/m0/s1. The van der Waals surface area contributed by atoms with Gasteiger partial charge in [0.2, 0.25) is 0 Å². The summed E-state index contributed by atoms with van der Waals surface area (Å²) in [5.74, 6) is 3.13. The number of hydrogen-bond donors (Lipinski definition) is 1. The molecule has 0 spiro atoms. The van der Waals surface area contributed by atoms with Crippen molar-refractivity contribution >= 4 is 0 Å². The lowest BCUT2D eigenvalue weighted by atomic mass is 10.0. The third-order valence-corrected chi connectivity index (χ3v) is 2.67.